The van der Waals surface area contributed by atoms with Gasteiger partial charge in [0.2, 0.25) is 0 Å². The van der Waals surface area contributed by atoms with Gasteiger partial charge in [-0.15, -0.1) is 0 Å². The lowest BCUT2D eigenvalue weighted by Crippen LogP contribution is -2.53. The third kappa shape index (κ3) is 5.07. The number of rotatable bonds is 7. The standard InChI is InChI=1S/C13H22N2O5/c1-13(2,8-4-5-8)15-12(19)14-9(11(17)18)6-7-10(16)20-3/h8-9H,4-7H2,1-3H3,(H,17,18)(H2,14,15,19)/t9-/m0/s1. The van der Waals surface area contributed by atoms with Crippen molar-refractivity contribution in [2.75, 3.05) is 7.11 Å². The predicted molar refractivity (Wildman–Crippen MR) is 71.1 cm³/mol. The van der Waals surface area contributed by atoms with Gasteiger partial charge in [0.05, 0.1) is 7.11 Å². The zero-order chi connectivity index (χ0) is 15.3. The van der Waals surface area contributed by atoms with Gasteiger partial charge in [-0.25, -0.2) is 9.59 Å². The van der Waals surface area contributed by atoms with E-state index in [0.717, 1.165) is 12.8 Å². The third-order valence-electron chi connectivity index (χ3n) is 3.50. The van der Waals surface area contributed by atoms with Gasteiger partial charge in [-0.2, -0.15) is 0 Å². The van der Waals surface area contributed by atoms with Crippen LogP contribution in [-0.2, 0) is 14.3 Å². The predicted octanol–water partition coefficient (Wildman–Crippen LogP) is 0.881. The van der Waals surface area contributed by atoms with E-state index in [4.69, 9.17) is 5.11 Å². The van der Waals surface area contributed by atoms with Crippen LogP contribution < -0.4 is 10.6 Å². The van der Waals surface area contributed by atoms with Gasteiger partial charge in [0.25, 0.3) is 0 Å². The molecule has 0 radical (unpaired) electrons. The number of aliphatic carboxylic acids is 1. The first kappa shape index (κ1) is 16.3. The highest BCUT2D eigenvalue weighted by molar-refractivity contribution is 5.83. The Balaban J connectivity index is 2.46. The Kier molecular flexibility index (Phi) is 5.35. The zero-order valence-electron chi connectivity index (χ0n) is 12.1. The summed E-state index contributed by atoms with van der Waals surface area (Å²) in [5.41, 5.74) is -0.352. The van der Waals surface area contributed by atoms with Gasteiger partial charge in [-0.05, 0) is 39.0 Å². The molecule has 2 amide bonds. The summed E-state index contributed by atoms with van der Waals surface area (Å²) in [6, 6.07) is -1.64. The third-order valence-corrected chi connectivity index (χ3v) is 3.50. The van der Waals surface area contributed by atoms with Gasteiger partial charge < -0.3 is 20.5 Å². The van der Waals surface area contributed by atoms with Crippen LogP contribution in [0.15, 0.2) is 0 Å². The van der Waals surface area contributed by atoms with Crippen LogP contribution in [0.5, 0.6) is 0 Å². The maximum atomic E-state index is 11.8. The molecular formula is C13H22N2O5. The van der Waals surface area contributed by atoms with Gasteiger partial charge in [-0.3, -0.25) is 4.79 Å². The quantitative estimate of drug-likeness (QED) is 0.603. The molecular weight excluding hydrogens is 264 g/mol. The molecule has 3 N–H and O–H groups in total. The minimum Gasteiger partial charge on any atom is -0.480 e. The number of ether oxygens (including phenoxy) is 1. The number of carboxylic acids is 1. The molecule has 1 saturated carbocycles. The molecule has 7 nitrogen and oxygen atoms in total. The Morgan fingerprint density at radius 3 is 2.40 bits per heavy atom. The number of urea groups is 1. The second-order valence-corrected chi connectivity index (χ2v) is 5.60. The van der Waals surface area contributed by atoms with Crippen molar-refractivity contribution < 1.29 is 24.2 Å². The van der Waals surface area contributed by atoms with E-state index in [1.54, 1.807) is 0 Å². The van der Waals surface area contributed by atoms with E-state index < -0.39 is 24.0 Å². The van der Waals surface area contributed by atoms with Crippen LogP contribution in [0, 0.1) is 5.92 Å². The first-order valence-electron chi connectivity index (χ1n) is 6.64. The highest BCUT2D eigenvalue weighted by Crippen LogP contribution is 2.39. The van der Waals surface area contributed by atoms with Gasteiger partial charge in [0.1, 0.15) is 6.04 Å². The minimum atomic E-state index is -1.17. The molecule has 1 rings (SSSR count). The number of esters is 1. The van der Waals surface area contributed by atoms with E-state index in [9.17, 15) is 14.4 Å². The van der Waals surface area contributed by atoms with E-state index >= 15 is 0 Å². The van der Waals surface area contributed by atoms with Crippen LogP contribution in [0.2, 0.25) is 0 Å². The number of carboxylic acid groups (broad SMARTS) is 1. The number of carbonyl (C=O) groups is 3. The minimum absolute atomic E-state index is 0.000711. The van der Waals surface area contributed by atoms with Crippen molar-refractivity contribution in [2.24, 2.45) is 5.92 Å². The van der Waals surface area contributed by atoms with E-state index in [0.29, 0.717) is 5.92 Å². The molecule has 1 aliphatic rings. The molecule has 0 heterocycles. The average Bonchev–Trinajstić information content (AvgIpc) is 3.17. The number of hydrogen-bond donors (Lipinski definition) is 3. The Labute approximate surface area is 118 Å². The SMILES string of the molecule is COC(=O)CC[C@H](NC(=O)NC(C)(C)C1CC1)C(=O)O. The molecule has 0 aromatic carbocycles. The van der Waals surface area contributed by atoms with Crippen molar-refractivity contribution >= 4 is 18.0 Å². The number of amides is 2. The highest BCUT2D eigenvalue weighted by Gasteiger charge is 2.39. The van der Waals surface area contributed by atoms with Crippen LogP contribution in [0.25, 0.3) is 0 Å². The van der Waals surface area contributed by atoms with Crippen LogP contribution >= 0.6 is 0 Å². The molecule has 0 saturated heterocycles. The maximum absolute atomic E-state index is 11.8. The molecule has 0 bridgehead atoms. The first-order valence-corrected chi connectivity index (χ1v) is 6.64. The van der Waals surface area contributed by atoms with Gasteiger partial charge in [-0.1, -0.05) is 0 Å². The lowest BCUT2D eigenvalue weighted by Gasteiger charge is -2.27. The summed E-state index contributed by atoms with van der Waals surface area (Å²) in [5.74, 6) is -1.24. The van der Waals surface area contributed by atoms with E-state index in [1.807, 2.05) is 13.8 Å². The summed E-state index contributed by atoms with van der Waals surface area (Å²) >= 11 is 0. The molecule has 0 spiro atoms. The molecule has 20 heavy (non-hydrogen) atoms. The summed E-state index contributed by atoms with van der Waals surface area (Å²) in [6.45, 7) is 3.82. The van der Waals surface area contributed by atoms with Gasteiger partial charge in [0.15, 0.2) is 0 Å². The molecule has 0 aliphatic heterocycles. The molecule has 0 aromatic rings. The molecule has 1 fully saturated rings. The summed E-state index contributed by atoms with van der Waals surface area (Å²) in [6.07, 6.45) is 2.08. The fraction of sp³-hybridized carbons (Fsp3) is 0.769. The molecule has 1 aliphatic carbocycles. The summed E-state index contributed by atoms with van der Waals surface area (Å²) < 4.78 is 4.45. The maximum Gasteiger partial charge on any atom is 0.326 e. The molecule has 0 aromatic heterocycles. The van der Waals surface area contributed by atoms with Crippen molar-refractivity contribution in [2.45, 2.75) is 51.1 Å². The second-order valence-electron chi connectivity index (χ2n) is 5.60. The lowest BCUT2D eigenvalue weighted by atomic mass is 9.99. The normalized spacial score (nSPS) is 16.1. The van der Waals surface area contributed by atoms with Crippen molar-refractivity contribution in [1.82, 2.24) is 10.6 Å². The monoisotopic (exact) mass is 286 g/mol. The van der Waals surface area contributed by atoms with Crippen molar-refractivity contribution in [3.63, 3.8) is 0 Å². The van der Waals surface area contributed by atoms with E-state index in [-0.39, 0.29) is 18.4 Å². The van der Waals surface area contributed by atoms with E-state index in [1.165, 1.54) is 7.11 Å². The van der Waals surface area contributed by atoms with Crippen LogP contribution in [0.1, 0.15) is 39.5 Å². The summed E-state index contributed by atoms with van der Waals surface area (Å²) in [7, 11) is 1.23. The second kappa shape index (κ2) is 6.58. The Morgan fingerprint density at radius 2 is 1.95 bits per heavy atom. The number of methoxy groups -OCH3 is 1. The van der Waals surface area contributed by atoms with Crippen molar-refractivity contribution in [3.05, 3.63) is 0 Å². The first-order chi connectivity index (χ1) is 9.26. The molecule has 0 unspecified atom stereocenters. The fourth-order valence-corrected chi connectivity index (χ4v) is 2.02. The fourth-order valence-electron chi connectivity index (χ4n) is 2.02. The van der Waals surface area contributed by atoms with E-state index in [2.05, 4.69) is 15.4 Å². The van der Waals surface area contributed by atoms with Crippen molar-refractivity contribution in [1.29, 1.82) is 0 Å². The van der Waals surface area contributed by atoms with Crippen LogP contribution in [-0.4, -0.2) is 41.8 Å². The molecule has 1 atom stereocenters. The van der Waals surface area contributed by atoms with Crippen molar-refractivity contribution in [3.8, 4) is 0 Å². The number of carbonyl (C=O) groups excluding carboxylic acids is 2. The zero-order valence-corrected chi connectivity index (χ0v) is 12.1. The summed E-state index contributed by atoms with van der Waals surface area (Å²) in [5, 5.41) is 14.2. The Morgan fingerprint density at radius 1 is 1.35 bits per heavy atom. The molecule has 7 heteroatoms. The summed E-state index contributed by atoms with van der Waals surface area (Å²) in [4.78, 5) is 33.9. The lowest BCUT2D eigenvalue weighted by molar-refractivity contribution is -0.142. The average molecular weight is 286 g/mol. The topological polar surface area (TPSA) is 105 Å². The smallest absolute Gasteiger partial charge is 0.326 e. The van der Waals surface area contributed by atoms with Crippen LogP contribution in [0.3, 0.4) is 0 Å². The number of hydrogen-bond acceptors (Lipinski definition) is 4. The van der Waals surface area contributed by atoms with Crippen LogP contribution in [0.4, 0.5) is 4.79 Å². The Hall–Kier alpha value is -1.79. The van der Waals surface area contributed by atoms with Gasteiger partial charge in [0, 0.05) is 12.0 Å². The highest BCUT2D eigenvalue weighted by atomic mass is 16.5. The van der Waals surface area contributed by atoms with Gasteiger partial charge >= 0.3 is 18.0 Å². The Bertz CT molecular complexity index is 390. The number of nitrogens with one attached hydrogen (secondary N) is 2. The largest absolute Gasteiger partial charge is 0.480 e. The molecule has 114 valence electrons.